The van der Waals surface area contributed by atoms with E-state index < -0.39 is 6.67 Å². The maximum absolute atomic E-state index is 11.9. The molecule has 0 radical (unpaired) electrons. The molecule has 0 fully saturated rings. The van der Waals surface area contributed by atoms with Crippen LogP contribution in [0.2, 0.25) is 0 Å². The van der Waals surface area contributed by atoms with Gasteiger partial charge in [0.1, 0.15) is 6.67 Å². The number of carbonyl (C=O) groups is 1. The molecule has 0 aliphatic carbocycles. The molecule has 7 heteroatoms. The first-order valence-corrected chi connectivity index (χ1v) is 6.72. The van der Waals surface area contributed by atoms with E-state index >= 15 is 0 Å². The molecule has 0 unspecified atom stereocenters. The SMILES string of the molecule is CC.O=C(Cc1ccc(-c2nncnn2)cc1)NCCF. The molecule has 1 heterocycles. The summed E-state index contributed by atoms with van der Waals surface area (Å²) in [7, 11) is 0. The van der Waals surface area contributed by atoms with Crippen LogP contribution >= 0.6 is 0 Å². The van der Waals surface area contributed by atoms with Crippen molar-refractivity contribution in [3.8, 4) is 11.4 Å². The van der Waals surface area contributed by atoms with E-state index in [-0.39, 0.29) is 18.9 Å². The van der Waals surface area contributed by atoms with Crippen molar-refractivity contribution in [3.63, 3.8) is 0 Å². The Kier molecular flexibility index (Phi) is 7.49. The summed E-state index contributed by atoms with van der Waals surface area (Å²) >= 11 is 0. The van der Waals surface area contributed by atoms with Crippen molar-refractivity contribution < 1.29 is 9.18 Å². The lowest BCUT2D eigenvalue weighted by Gasteiger charge is -2.03. The molecule has 1 aromatic heterocycles. The molecular weight excluding hydrogens is 273 g/mol. The molecule has 0 saturated heterocycles. The number of carbonyl (C=O) groups excluding carboxylic acids is 1. The molecule has 0 spiro atoms. The predicted octanol–water partition coefficient (Wildman–Crippen LogP) is 1.59. The van der Waals surface area contributed by atoms with Gasteiger partial charge in [0, 0.05) is 12.1 Å². The van der Waals surface area contributed by atoms with Crippen molar-refractivity contribution in [2.75, 3.05) is 13.2 Å². The first kappa shape index (κ1) is 16.6. The number of rotatable bonds is 5. The molecule has 21 heavy (non-hydrogen) atoms. The van der Waals surface area contributed by atoms with E-state index in [1.54, 1.807) is 24.3 Å². The molecule has 112 valence electrons. The maximum atomic E-state index is 11.9. The van der Waals surface area contributed by atoms with Crippen molar-refractivity contribution in [1.29, 1.82) is 0 Å². The lowest BCUT2D eigenvalue weighted by atomic mass is 10.1. The lowest BCUT2D eigenvalue weighted by molar-refractivity contribution is -0.120. The van der Waals surface area contributed by atoms with E-state index in [4.69, 9.17) is 0 Å². The van der Waals surface area contributed by atoms with Crippen LogP contribution in [0.3, 0.4) is 0 Å². The number of nitrogens with zero attached hydrogens (tertiary/aromatic N) is 4. The Labute approximate surface area is 122 Å². The highest BCUT2D eigenvalue weighted by molar-refractivity contribution is 5.78. The van der Waals surface area contributed by atoms with Gasteiger partial charge in [0.05, 0.1) is 6.42 Å². The van der Waals surface area contributed by atoms with Gasteiger partial charge < -0.3 is 5.32 Å². The van der Waals surface area contributed by atoms with Crippen LogP contribution in [-0.4, -0.2) is 39.5 Å². The fraction of sp³-hybridized carbons (Fsp3) is 0.357. The van der Waals surface area contributed by atoms with Gasteiger partial charge in [0.2, 0.25) is 11.7 Å². The average Bonchev–Trinajstić information content (AvgIpc) is 2.56. The standard InChI is InChI=1S/C12H12FN5O.C2H6/c13-5-6-14-11(19)7-9-1-3-10(4-2-9)12-17-15-8-16-18-12;1-2/h1-4,8H,5-7H2,(H,14,19);1-2H3. The zero-order chi connectivity index (χ0) is 15.5. The smallest absolute Gasteiger partial charge is 0.224 e. The number of hydrogen-bond acceptors (Lipinski definition) is 5. The zero-order valence-corrected chi connectivity index (χ0v) is 12.1. The van der Waals surface area contributed by atoms with Gasteiger partial charge in [-0.15, -0.1) is 20.4 Å². The molecule has 6 nitrogen and oxygen atoms in total. The topological polar surface area (TPSA) is 80.7 Å². The van der Waals surface area contributed by atoms with Crippen molar-refractivity contribution in [2.45, 2.75) is 20.3 Å². The second-order valence-electron chi connectivity index (χ2n) is 3.78. The van der Waals surface area contributed by atoms with Gasteiger partial charge in [0.15, 0.2) is 6.33 Å². The number of benzene rings is 1. The Morgan fingerprint density at radius 3 is 2.33 bits per heavy atom. The molecule has 1 amide bonds. The van der Waals surface area contributed by atoms with Crippen LogP contribution in [0.15, 0.2) is 30.6 Å². The van der Waals surface area contributed by atoms with Crippen LogP contribution in [0.25, 0.3) is 11.4 Å². The largest absolute Gasteiger partial charge is 0.353 e. The van der Waals surface area contributed by atoms with Crippen molar-refractivity contribution >= 4 is 5.91 Å². The van der Waals surface area contributed by atoms with Gasteiger partial charge in [-0.1, -0.05) is 38.1 Å². The minimum absolute atomic E-state index is 0.0477. The minimum Gasteiger partial charge on any atom is -0.353 e. The minimum atomic E-state index is -0.560. The number of aromatic nitrogens is 4. The third-order valence-corrected chi connectivity index (χ3v) is 2.40. The first-order chi connectivity index (χ1) is 10.3. The molecule has 0 saturated carbocycles. The summed E-state index contributed by atoms with van der Waals surface area (Å²) in [4.78, 5) is 11.4. The van der Waals surface area contributed by atoms with E-state index in [1.165, 1.54) is 6.33 Å². The van der Waals surface area contributed by atoms with Gasteiger partial charge in [-0.2, -0.15) is 0 Å². The quantitative estimate of drug-likeness (QED) is 0.904. The summed E-state index contributed by atoms with van der Waals surface area (Å²) in [6.07, 6.45) is 1.47. The highest BCUT2D eigenvalue weighted by Gasteiger charge is 2.05. The van der Waals surface area contributed by atoms with Crippen molar-refractivity contribution in [2.24, 2.45) is 0 Å². The molecule has 0 bridgehead atoms. The van der Waals surface area contributed by atoms with Gasteiger partial charge in [-0.3, -0.25) is 4.79 Å². The number of halogens is 1. The Bertz CT molecular complexity index is 533. The van der Waals surface area contributed by atoms with Crippen LogP contribution in [-0.2, 0) is 11.2 Å². The van der Waals surface area contributed by atoms with Crippen molar-refractivity contribution in [3.05, 3.63) is 36.2 Å². The molecule has 0 aliphatic heterocycles. The average molecular weight is 291 g/mol. The fourth-order valence-corrected chi connectivity index (χ4v) is 1.53. The summed E-state index contributed by atoms with van der Waals surface area (Å²) in [5, 5.41) is 17.4. The van der Waals surface area contributed by atoms with Gasteiger partial charge in [0.25, 0.3) is 0 Å². The zero-order valence-electron chi connectivity index (χ0n) is 12.1. The van der Waals surface area contributed by atoms with E-state index in [0.717, 1.165) is 11.1 Å². The van der Waals surface area contributed by atoms with E-state index in [2.05, 4.69) is 25.7 Å². The van der Waals surface area contributed by atoms with Crippen LogP contribution in [0.5, 0.6) is 0 Å². The molecule has 0 aliphatic rings. The Morgan fingerprint density at radius 1 is 1.14 bits per heavy atom. The van der Waals surface area contributed by atoms with Crippen LogP contribution in [0.1, 0.15) is 19.4 Å². The molecule has 2 aromatic rings. The van der Waals surface area contributed by atoms with Crippen LogP contribution in [0.4, 0.5) is 4.39 Å². The van der Waals surface area contributed by atoms with Crippen LogP contribution in [0, 0.1) is 0 Å². The van der Waals surface area contributed by atoms with Gasteiger partial charge in [-0.05, 0) is 5.56 Å². The first-order valence-electron chi connectivity index (χ1n) is 6.72. The number of hydrogen-bond donors (Lipinski definition) is 1. The summed E-state index contributed by atoms with van der Waals surface area (Å²) in [6, 6.07) is 7.16. The Balaban J connectivity index is 0.00000106. The van der Waals surface area contributed by atoms with Gasteiger partial charge in [-0.25, -0.2) is 4.39 Å². The number of alkyl halides is 1. The van der Waals surface area contributed by atoms with E-state index in [1.807, 2.05) is 13.8 Å². The van der Waals surface area contributed by atoms with E-state index in [9.17, 15) is 9.18 Å². The highest BCUT2D eigenvalue weighted by atomic mass is 19.1. The predicted molar refractivity (Wildman–Crippen MR) is 77.1 cm³/mol. The number of nitrogens with one attached hydrogen (secondary N) is 1. The summed E-state index contributed by atoms with van der Waals surface area (Å²) in [5.74, 6) is 0.223. The molecular formula is C14H18FN5O. The maximum Gasteiger partial charge on any atom is 0.224 e. The monoisotopic (exact) mass is 291 g/mol. The number of amides is 1. The summed E-state index contributed by atoms with van der Waals surface area (Å²) in [6.45, 7) is 3.49. The molecule has 1 aromatic carbocycles. The van der Waals surface area contributed by atoms with Gasteiger partial charge >= 0.3 is 0 Å². The molecule has 2 rings (SSSR count). The fourth-order valence-electron chi connectivity index (χ4n) is 1.53. The third kappa shape index (κ3) is 5.60. The second-order valence-corrected chi connectivity index (χ2v) is 3.78. The molecule has 1 N–H and O–H groups in total. The van der Waals surface area contributed by atoms with E-state index in [0.29, 0.717) is 5.82 Å². The summed E-state index contributed by atoms with van der Waals surface area (Å²) < 4.78 is 11.9. The lowest BCUT2D eigenvalue weighted by Crippen LogP contribution is -2.26. The normalized spacial score (nSPS) is 9.48. The Hall–Kier alpha value is -2.44. The second kappa shape index (κ2) is 9.46. The third-order valence-electron chi connectivity index (χ3n) is 2.40. The molecule has 0 atom stereocenters. The van der Waals surface area contributed by atoms with Crippen molar-refractivity contribution in [1.82, 2.24) is 25.7 Å². The Morgan fingerprint density at radius 2 is 1.76 bits per heavy atom. The summed E-state index contributed by atoms with van der Waals surface area (Å²) in [5.41, 5.74) is 1.60. The highest BCUT2D eigenvalue weighted by Crippen LogP contribution is 2.13. The van der Waals surface area contributed by atoms with Crippen LogP contribution < -0.4 is 5.32 Å².